The molecular weight excluding hydrogens is 184 g/mol. The number of nitriles is 1. The first-order chi connectivity index (χ1) is 7.40. The number of nitrogens with one attached hydrogen (secondary N) is 1. The molecule has 0 spiro atoms. The van der Waals surface area contributed by atoms with Gasteiger partial charge >= 0.3 is 0 Å². The maximum Gasteiger partial charge on any atom is 0.0635 e. The molecule has 2 nitrogen and oxygen atoms in total. The predicted molar refractivity (Wildman–Crippen MR) is 59.1 cm³/mol. The third-order valence-corrected chi connectivity index (χ3v) is 5.07. The quantitative estimate of drug-likeness (QED) is 0.716. The highest BCUT2D eigenvalue weighted by Crippen LogP contribution is 2.58. The van der Waals surface area contributed by atoms with E-state index in [-0.39, 0.29) is 0 Å². The molecular formula is C13H20N2. The summed E-state index contributed by atoms with van der Waals surface area (Å²) in [5, 5.41) is 12.1. The van der Waals surface area contributed by atoms with Gasteiger partial charge in [0.2, 0.25) is 0 Å². The molecule has 0 amide bonds. The summed E-state index contributed by atoms with van der Waals surface area (Å²) in [7, 11) is 0. The first-order valence-corrected chi connectivity index (χ1v) is 6.50. The number of hydrogen-bond donors (Lipinski definition) is 1. The van der Waals surface area contributed by atoms with Crippen molar-refractivity contribution in [3.8, 4) is 6.07 Å². The highest BCUT2D eigenvalue weighted by molar-refractivity contribution is 5.05. The SMILES string of the molecule is N#CCCNC1CC2CC1C1CCCC21. The summed E-state index contributed by atoms with van der Waals surface area (Å²) in [6.45, 7) is 0.905. The van der Waals surface area contributed by atoms with E-state index in [9.17, 15) is 0 Å². The predicted octanol–water partition coefficient (Wildman–Crippen LogP) is 2.31. The van der Waals surface area contributed by atoms with Crippen molar-refractivity contribution in [2.45, 2.75) is 44.6 Å². The zero-order chi connectivity index (χ0) is 10.3. The van der Waals surface area contributed by atoms with Crippen molar-refractivity contribution in [3.05, 3.63) is 0 Å². The second kappa shape index (κ2) is 3.79. The van der Waals surface area contributed by atoms with E-state index >= 15 is 0 Å². The highest BCUT2D eigenvalue weighted by atomic mass is 14.9. The minimum absolute atomic E-state index is 0.669. The van der Waals surface area contributed by atoms with Crippen LogP contribution in [0, 0.1) is 35.0 Å². The van der Waals surface area contributed by atoms with Gasteiger partial charge in [-0.15, -0.1) is 0 Å². The summed E-state index contributed by atoms with van der Waals surface area (Å²) in [4.78, 5) is 0. The Kier molecular flexibility index (Phi) is 2.44. The van der Waals surface area contributed by atoms with E-state index in [2.05, 4.69) is 11.4 Å². The van der Waals surface area contributed by atoms with Crippen molar-refractivity contribution in [1.29, 1.82) is 5.26 Å². The van der Waals surface area contributed by atoms with Gasteiger partial charge in [0.15, 0.2) is 0 Å². The molecule has 0 aromatic rings. The van der Waals surface area contributed by atoms with Gasteiger partial charge in [0.05, 0.1) is 6.07 Å². The average molecular weight is 204 g/mol. The molecule has 82 valence electrons. The first-order valence-electron chi connectivity index (χ1n) is 6.50. The van der Waals surface area contributed by atoms with E-state index in [0.29, 0.717) is 6.42 Å². The van der Waals surface area contributed by atoms with Gasteiger partial charge < -0.3 is 5.32 Å². The van der Waals surface area contributed by atoms with Gasteiger partial charge in [0.1, 0.15) is 0 Å². The lowest BCUT2D eigenvalue weighted by Gasteiger charge is -2.32. The second-order valence-corrected chi connectivity index (χ2v) is 5.62. The second-order valence-electron chi connectivity index (χ2n) is 5.62. The van der Waals surface area contributed by atoms with Gasteiger partial charge in [0.25, 0.3) is 0 Å². The summed E-state index contributed by atoms with van der Waals surface area (Å²) in [6.07, 6.45) is 8.03. The van der Waals surface area contributed by atoms with E-state index in [1.54, 1.807) is 0 Å². The van der Waals surface area contributed by atoms with Crippen LogP contribution in [-0.4, -0.2) is 12.6 Å². The van der Waals surface area contributed by atoms with E-state index < -0.39 is 0 Å². The van der Waals surface area contributed by atoms with Crippen molar-refractivity contribution in [2.24, 2.45) is 23.7 Å². The van der Waals surface area contributed by atoms with Crippen LogP contribution in [0.1, 0.15) is 38.5 Å². The van der Waals surface area contributed by atoms with Crippen LogP contribution >= 0.6 is 0 Å². The molecule has 3 fully saturated rings. The van der Waals surface area contributed by atoms with E-state index in [0.717, 1.165) is 36.3 Å². The Labute approximate surface area is 92.0 Å². The minimum atomic E-state index is 0.669. The summed E-state index contributed by atoms with van der Waals surface area (Å²) < 4.78 is 0. The van der Waals surface area contributed by atoms with Gasteiger partial charge in [-0.2, -0.15) is 5.26 Å². The molecule has 0 radical (unpaired) electrons. The molecule has 3 aliphatic carbocycles. The smallest absolute Gasteiger partial charge is 0.0635 e. The van der Waals surface area contributed by atoms with Crippen LogP contribution in [0.3, 0.4) is 0 Å². The largest absolute Gasteiger partial charge is 0.313 e. The molecule has 5 unspecified atom stereocenters. The van der Waals surface area contributed by atoms with Crippen LogP contribution in [-0.2, 0) is 0 Å². The topological polar surface area (TPSA) is 35.8 Å². The molecule has 2 bridgehead atoms. The van der Waals surface area contributed by atoms with Crippen LogP contribution in [0.5, 0.6) is 0 Å². The maximum absolute atomic E-state index is 8.53. The normalized spacial score (nSPS) is 46.7. The van der Waals surface area contributed by atoms with Crippen molar-refractivity contribution in [1.82, 2.24) is 5.32 Å². The van der Waals surface area contributed by atoms with Crippen LogP contribution in [0.2, 0.25) is 0 Å². The molecule has 1 N–H and O–H groups in total. The maximum atomic E-state index is 8.53. The number of rotatable bonds is 3. The molecule has 0 aromatic heterocycles. The fraction of sp³-hybridized carbons (Fsp3) is 0.923. The zero-order valence-corrected chi connectivity index (χ0v) is 9.28. The first kappa shape index (κ1) is 9.66. The molecule has 0 aliphatic heterocycles. The molecule has 3 aliphatic rings. The van der Waals surface area contributed by atoms with Crippen LogP contribution in [0.4, 0.5) is 0 Å². The Balaban J connectivity index is 1.59. The fourth-order valence-electron chi connectivity index (χ4n) is 4.62. The number of fused-ring (bicyclic) bond motifs is 5. The van der Waals surface area contributed by atoms with Crippen LogP contribution < -0.4 is 5.32 Å². The highest BCUT2D eigenvalue weighted by Gasteiger charge is 2.53. The Bertz CT molecular complexity index is 281. The number of nitrogens with zero attached hydrogens (tertiary/aromatic N) is 1. The van der Waals surface area contributed by atoms with Crippen LogP contribution in [0.15, 0.2) is 0 Å². The lowest BCUT2D eigenvalue weighted by atomic mass is 9.79. The Hall–Kier alpha value is -0.550. The Morgan fingerprint density at radius 2 is 2.00 bits per heavy atom. The minimum Gasteiger partial charge on any atom is -0.313 e. The third kappa shape index (κ3) is 1.49. The van der Waals surface area contributed by atoms with Gasteiger partial charge in [-0.1, -0.05) is 6.42 Å². The molecule has 0 heterocycles. The van der Waals surface area contributed by atoms with Crippen molar-refractivity contribution in [2.75, 3.05) is 6.54 Å². The third-order valence-electron chi connectivity index (χ3n) is 5.07. The molecule has 0 aromatic carbocycles. The van der Waals surface area contributed by atoms with Gasteiger partial charge in [0, 0.05) is 19.0 Å². The van der Waals surface area contributed by atoms with Crippen LogP contribution in [0.25, 0.3) is 0 Å². The lowest BCUT2D eigenvalue weighted by Crippen LogP contribution is -2.39. The summed E-state index contributed by atoms with van der Waals surface area (Å²) in [6, 6.07) is 2.97. The molecule has 0 saturated heterocycles. The monoisotopic (exact) mass is 204 g/mol. The van der Waals surface area contributed by atoms with E-state index in [4.69, 9.17) is 5.26 Å². The molecule has 15 heavy (non-hydrogen) atoms. The summed E-state index contributed by atoms with van der Waals surface area (Å²) in [5.74, 6) is 4.12. The van der Waals surface area contributed by atoms with Gasteiger partial charge in [-0.05, 0) is 49.4 Å². The molecule has 5 atom stereocenters. The molecule has 2 heteroatoms. The Morgan fingerprint density at radius 3 is 2.87 bits per heavy atom. The average Bonchev–Trinajstić information content (AvgIpc) is 2.89. The fourth-order valence-corrected chi connectivity index (χ4v) is 4.62. The van der Waals surface area contributed by atoms with E-state index in [1.165, 1.54) is 32.1 Å². The molecule has 3 rings (SSSR count). The molecule has 3 saturated carbocycles. The lowest BCUT2D eigenvalue weighted by molar-refractivity contribution is 0.210. The van der Waals surface area contributed by atoms with Gasteiger partial charge in [-0.3, -0.25) is 0 Å². The van der Waals surface area contributed by atoms with E-state index in [1.807, 2.05) is 0 Å². The summed E-state index contributed by atoms with van der Waals surface area (Å²) in [5.41, 5.74) is 0. The van der Waals surface area contributed by atoms with Gasteiger partial charge in [-0.25, -0.2) is 0 Å². The summed E-state index contributed by atoms with van der Waals surface area (Å²) >= 11 is 0. The standard InChI is InChI=1S/C13H20N2/c14-5-2-6-15-13-8-9-7-12(13)11-4-1-3-10(9)11/h9-13,15H,1-4,6-8H2. The zero-order valence-electron chi connectivity index (χ0n) is 9.28. The number of hydrogen-bond acceptors (Lipinski definition) is 2. The van der Waals surface area contributed by atoms with Crippen molar-refractivity contribution < 1.29 is 0 Å². The Morgan fingerprint density at radius 1 is 1.13 bits per heavy atom. The van der Waals surface area contributed by atoms with Crippen molar-refractivity contribution >= 4 is 0 Å². The van der Waals surface area contributed by atoms with Crippen molar-refractivity contribution in [3.63, 3.8) is 0 Å².